The molecule has 2 amide bonds. The van der Waals surface area contributed by atoms with E-state index in [0.29, 0.717) is 30.2 Å². The molecule has 4 aromatic rings. The number of hydrogen-bond donors (Lipinski definition) is 2. The van der Waals surface area contributed by atoms with Gasteiger partial charge in [0.25, 0.3) is 11.8 Å². The topological polar surface area (TPSA) is 104 Å². The van der Waals surface area contributed by atoms with Gasteiger partial charge >= 0.3 is 0 Å². The van der Waals surface area contributed by atoms with Crippen molar-refractivity contribution < 1.29 is 9.59 Å². The van der Waals surface area contributed by atoms with Crippen molar-refractivity contribution in [3.63, 3.8) is 0 Å². The maximum Gasteiger partial charge on any atom is 0.277 e. The molecule has 0 saturated carbocycles. The molecule has 0 aliphatic carbocycles. The molecule has 144 valence electrons. The lowest BCUT2D eigenvalue weighted by molar-refractivity contribution is 0.0738. The van der Waals surface area contributed by atoms with Gasteiger partial charge in [-0.3, -0.25) is 19.9 Å². The smallest absolute Gasteiger partial charge is 0.277 e. The van der Waals surface area contributed by atoms with Crippen molar-refractivity contribution in [1.82, 2.24) is 24.8 Å². The van der Waals surface area contributed by atoms with Crippen LogP contribution in [0.5, 0.6) is 0 Å². The number of aromatic amines is 1. The molecule has 0 bridgehead atoms. The average Bonchev–Trinajstić information content (AvgIpc) is 3.36. The fourth-order valence-corrected chi connectivity index (χ4v) is 4.44. The standard InChI is InChI=1S/C20H16N6O2S/c27-18(16-10-21-6-7-22-16)25-20-24-15-5-8-26(11-17(15)29-20)19(28)13-9-23-14-4-2-1-3-12(13)14/h1-4,6-7,9-10,23H,5,8,11H2,(H,24,25,27). The number of carbonyl (C=O) groups excluding carboxylic acids is 2. The summed E-state index contributed by atoms with van der Waals surface area (Å²) in [6.07, 6.45) is 6.81. The summed E-state index contributed by atoms with van der Waals surface area (Å²) in [6.45, 7) is 1.07. The zero-order valence-electron chi connectivity index (χ0n) is 15.3. The molecule has 29 heavy (non-hydrogen) atoms. The van der Waals surface area contributed by atoms with Crippen LogP contribution < -0.4 is 5.32 Å². The highest BCUT2D eigenvalue weighted by Gasteiger charge is 2.26. The van der Waals surface area contributed by atoms with Gasteiger partial charge in [0.05, 0.1) is 24.0 Å². The Morgan fingerprint density at radius 2 is 2.10 bits per heavy atom. The van der Waals surface area contributed by atoms with E-state index in [1.807, 2.05) is 29.2 Å². The molecule has 0 fully saturated rings. The number of nitrogens with one attached hydrogen (secondary N) is 2. The van der Waals surface area contributed by atoms with E-state index in [2.05, 4.69) is 25.3 Å². The molecule has 9 heteroatoms. The monoisotopic (exact) mass is 404 g/mol. The van der Waals surface area contributed by atoms with Crippen LogP contribution in [0.2, 0.25) is 0 Å². The number of carbonyl (C=O) groups is 2. The summed E-state index contributed by atoms with van der Waals surface area (Å²) >= 11 is 1.39. The van der Waals surface area contributed by atoms with E-state index in [4.69, 9.17) is 0 Å². The van der Waals surface area contributed by atoms with Gasteiger partial charge in [-0.05, 0) is 6.07 Å². The van der Waals surface area contributed by atoms with Gasteiger partial charge < -0.3 is 9.88 Å². The fraction of sp³-hybridized carbons (Fsp3) is 0.150. The number of hydrogen-bond acceptors (Lipinski definition) is 6. The van der Waals surface area contributed by atoms with E-state index in [-0.39, 0.29) is 17.5 Å². The lowest BCUT2D eigenvalue weighted by Crippen LogP contribution is -2.35. The highest BCUT2D eigenvalue weighted by molar-refractivity contribution is 7.15. The van der Waals surface area contributed by atoms with Crippen LogP contribution in [-0.4, -0.2) is 43.2 Å². The minimum absolute atomic E-state index is 0.00774. The minimum atomic E-state index is -0.351. The Morgan fingerprint density at radius 3 is 2.97 bits per heavy atom. The summed E-state index contributed by atoms with van der Waals surface area (Å²) in [5, 5.41) is 4.20. The lowest BCUT2D eigenvalue weighted by atomic mass is 10.1. The van der Waals surface area contributed by atoms with Gasteiger partial charge in [-0.1, -0.05) is 29.5 Å². The van der Waals surface area contributed by atoms with E-state index in [1.54, 1.807) is 6.20 Å². The van der Waals surface area contributed by atoms with E-state index < -0.39 is 0 Å². The van der Waals surface area contributed by atoms with Gasteiger partial charge in [0.15, 0.2) is 5.13 Å². The van der Waals surface area contributed by atoms with Gasteiger partial charge in [-0.25, -0.2) is 9.97 Å². The van der Waals surface area contributed by atoms with Crippen LogP contribution in [0.3, 0.4) is 0 Å². The molecule has 0 saturated heterocycles. The second kappa shape index (κ2) is 7.10. The fourth-order valence-electron chi connectivity index (χ4n) is 3.42. The predicted octanol–water partition coefficient (Wildman–Crippen LogP) is 2.87. The molecule has 4 heterocycles. The second-order valence-electron chi connectivity index (χ2n) is 6.66. The summed E-state index contributed by atoms with van der Waals surface area (Å²) in [6, 6.07) is 7.77. The Bertz CT molecular complexity index is 1220. The number of rotatable bonds is 3. The molecule has 0 radical (unpaired) electrons. The number of benzene rings is 1. The maximum absolute atomic E-state index is 13.1. The predicted molar refractivity (Wildman–Crippen MR) is 109 cm³/mol. The lowest BCUT2D eigenvalue weighted by Gasteiger charge is -2.25. The molecule has 1 aliphatic heterocycles. The SMILES string of the molecule is O=C(Nc1nc2c(s1)CN(C(=O)c1c[nH]c3ccccc13)CC2)c1cnccn1. The van der Waals surface area contributed by atoms with Crippen molar-refractivity contribution >= 4 is 39.2 Å². The number of fused-ring (bicyclic) bond motifs is 2. The Balaban J connectivity index is 1.33. The molecule has 3 aromatic heterocycles. The minimum Gasteiger partial charge on any atom is -0.360 e. The zero-order chi connectivity index (χ0) is 19.8. The van der Waals surface area contributed by atoms with E-state index in [1.165, 1.54) is 29.9 Å². The maximum atomic E-state index is 13.1. The molecular formula is C20H16N6O2S. The van der Waals surface area contributed by atoms with Crippen LogP contribution in [0, 0.1) is 0 Å². The van der Waals surface area contributed by atoms with Crippen molar-refractivity contribution in [2.45, 2.75) is 13.0 Å². The van der Waals surface area contributed by atoms with Gasteiger partial charge in [-0.2, -0.15) is 0 Å². The van der Waals surface area contributed by atoms with Gasteiger partial charge in [0.2, 0.25) is 0 Å². The third-order valence-corrected chi connectivity index (χ3v) is 5.85. The molecule has 0 atom stereocenters. The normalized spacial score (nSPS) is 13.3. The Labute approximate surface area is 169 Å². The van der Waals surface area contributed by atoms with E-state index in [0.717, 1.165) is 21.5 Å². The molecule has 2 N–H and O–H groups in total. The Hall–Kier alpha value is -3.59. The van der Waals surface area contributed by atoms with E-state index in [9.17, 15) is 9.59 Å². The molecule has 0 unspecified atom stereocenters. The largest absolute Gasteiger partial charge is 0.360 e. The van der Waals surface area contributed by atoms with Crippen molar-refractivity contribution in [3.8, 4) is 0 Å². The first-order valence-corrected chi connectivity index (χ1v) is 9.92. The third-order valence-electron chi connectivity index (χ3n) is 4.85. The number of thiazole rings is 1. The molecule has 1 aliphatic rings. The van der Waals surface area contributed by atoms with Crippen molar-refractivity contribution in [2.75, 3.05) is 11.9 Å². The number of aromatic nitrogens is 4. The third kappa shape index (κ3) is 3.25. The first-order valence-electron chi connectivity index (χ1n) is 9.10. The summed E-state index contributed by atoms with van der Waals surface area (Å²) in [5.41, 5.74) is 2.77. The highest BCUT2D eigenvalue weighted by atomic mass is 32.1. The van der Waals surface area contributed by atoms with Crippen molar-refractivity contribution in [1.29, 1.82) is 0 Å². The van der Waals surface area contributed by atoms with Crippen LogP contribution in [-0.2, 0) is 13.0 Å². The van der Waals surface area contributed by atoms with Crippen LogP contribution in [0.15, 0.2) is 49.1 Å². The number of nitrogens with zero attached hydrogens (tertiary/aromatic N) is 4. The highest BCUT2D eigenvalue weighted by Crippen LogP contribution is 2.30. The first kappa shape index (κ1) is 17.5. The van der Waals surface area contributed by atoms with Gasteiger partial charge in [0.1, 0.15) is 5.69 Å². The average molecular weight is 404 g/mol. The van der Waals surface area contributed by atoms with Gasteiger partial charge in [0, 0.05) is 47.3 Å². The van der Waals surface area contributed by atoms with Crippen LogP contribution >= 0.6 is 11.3 Å². The Morgan fingerprint density at radius 1 is 1.21 bits per heavy atom. The summed E-state index contributed by atoms with van der Waals surface area (Å²) in [4.78, 5) is 43.7. The number of amides is 2. The second-order valence-corrected chi connectivity index (χ2v) is 7.74. The van der Waals surface area contributed by atoms with Crippen LogP contribution in [0.25, 0.3) is 10.9 Å². The quantitative estimate of drug-likeness (QED) is 0.546. The summed E-state index contributed by atoms with van der Waals surface area (Å²) < 4.78 is 0. The summed E-state index contributed by atoms with van der Waals surface area (Å²) in [7, 11) is 0. The number of anilines is 1. The molecule has 0 spiro atoms. The summed E-state index contributed by atoms with van der Waals surface area (Å²) in [5.74, 6) is -0.359. The van der Waals surface area contributed by atoms with Gasteiger partial charge in [-0.15, -0.1) is 0 Å². The zero-order valence-corrected chi connectivity index (χ0v) is 16.1. The Kier molecular flexibility index (Phi) is 4.28. The number of H-pyrrole nitrogens is 1. The first-order chi connectivity index (χ1) is 14.2. The number of para-hydroxylation sites is 1. The van der Waals surface area contributed by atoms with E-state index >= 15 is 0 Å². The van der Waals surface area contributed by atoms with Crippen molar-refractivity contribution in [3.05, 3.63) is 70.9 Å². The molecule has 1 aromatic carbocycles. The molecule has 5 rings (SSSR count). The van der Waals surface area contributed by atoms with Crippen LogP contribution in [0.4, 0.5) is 5.13 Å². The van der Waals surface area contributed by atoms with Crippen molar-refractivity contribution in [2.24, 2.45) is 0 Å². The molecular weight excluding hydrogens is 388 g/mol. The van der Waals surface area contributed by atoms with Crippen LogP contribution in [0.1, 0.15) is 31.4 Å². The molecule has 8 nitrogen and oxygen atoms in total.